The van der Waals surface area contributed by atoms with Crippen LogP contribution in [0.3, 0.4) is 0 Å². The second-order valence-electron chi connectivity index (χ2n) is 5.39. The molecule has 0 bridgehead atoms. The highest BCUT2D eigenvalue weighted by molar-refractivity contribution is 6.35. The molecule has 4 nitrogen and oxygen atoms in total. The van der Waals surface area contributed by atoms with Crippen LogP contribution >= 0.6 is 23.2 Å². The average Bonchev–Trinajstić information content (AvgIpc) is 2.36. The lowest BCUT2D eigenvalue weighted by atomic mass is 9.82. The molecule has 110 valence electrons. The summed E-state index contributed by atoms with van der Waals surface area (Å²) in [6.45, 7) is 0.479. The molecular weight excluding hydrogens is 297 g/mol. The molecule has 0 radical (unpaired) electrons. The average molecular weight is 316 g/mol. The highest BCUT2D eigenvalue weighted by Gasteiger charge is 2.27. The van der Waals surface area contributed by atoms with E-state index in [1.807, 2.05) is 0 Å². The normalized spacial score (nSPS) is 17.6. The highest BCUT2D eigenvalue weighted by Crippen LogP contribution is 2.25. The van der Waals surface area contributed by atoms with Crippen molar-refractivity contribution in [1.82, 2.24) is 5.32 Å². The molecule has 1 saturated carbocycles. The zero-order chi connectivity index (χ0) is 14.6. The Hall–Kier alpha value is -0.970. The Morgan fingerprint density at radius 1 is 1.15 bits per heavy atom. The van der Waals surface area contributed by atoms with Crippen molar-refractivity contribution in [3.05, 3.63) is 28.2 Å². The number of rotatable bonds is 3. The molecule has 0 spiro atoms. The third-order valence-electron chi connectivity index (χ3n) is 3.57. The van der Waals surface area contributed by atoms with E-state index in [1.54, 1.807) is 18.2 Å². The van der Waals surface area contributed by atoms with Crippen LogP contribution in [0.15, 0.2) is 18.2 Å². The van der Waals surface area contributed by atoms with Gasteiger partial charge in [-0.25, -0.2) is 4.79 Å². The quantitative estimate of drug-likeness (QED) is 0.794. The fourth-order valence-electron chi connectivity index (χ4n) is 2.49. The maximum atomic E-state index is 11.9. The number of hydrogen-bond donors (Lipinski definition) is 3. The predicted molar refractivity (Wildman–Crippen MR) is 83.5 cm³/mol. The van der Waals surface area contributed by atoms with Crippen molar-refractivity contribution in [3.63, 3.8) is 0 Å². The van der Waals surface area contributed by atoms with Crippen molar-refractivity contribution in [2.24, 2.45) is 5.73 Å². The number of amides is 2. The molecule has 0 atom stereocenters. The van der Waals surface area contributed by atoms with Gasteiger partial charge in [-0.1, -0.05) is 42.5 Å². The van der Waals surface area contributed by atoms with Gasteiger partial charge in [-0.3, -0.25) is 0 Å². The van der Waals surface area contributed by atoms with Crippen molar-refractivity contribution < 1.29 is 4.79 Å². The van der Waals surface area contributed by atoms with E-state index in [0.717, 1.165) is 25.7 Å². The number of nitrogens with two attached hydrogens (primary N) is 1. The second kappa shape index (κ2) is 6.66. The summed E-state index contributed by atoms with van der Waals surface area (Å²) in [6, 6.07) is 4.61. The van der Waals surface area contributed by atoms with Crippen molar-refractivity contribution in [2.75, 3.05) is 11.9 Å². The second-order valence-corrected chi connectivity index (χ2v) is 6.26. The lowest BCUT2D eigenvalue weighted by molar-refractivity contribution is 0.241. The fraction of sp³-hybridized carbons (Fsp3) is 0.500. The number of hydrogen-bond acceptors (Lipinski definition) is 2. The maximum Gasteiger partial charge on any atom is 0.319 e. The molecule has 1 aliphatic carbocycles. The number of carbonyl (C=O) groups is 1. The summed E-state index contributed by atoms with van der Waals surface area (Å²) >= 11 is 11.8. The minimum absolute atomic E-state index is 0.276. The molecule has 0 aromatic heterocycles. The van der Waals surface area contributed by atoms with Crippen molar-refractivity contribution in [2.45, 2.75) is 37.6 Å². The fourth-order valence-corrected chi connectivity index (χ4v) is 3.02. The minimum Gasteiger partial charge on any atom is -0.336 e. The van der Waals surface area contributed by atoms with Gasteiger partial charge < -0.3 is 16.4 Å². The van der Waals surface area contributed by atoms with E-state index in [0.29, 0.717) is 22.3 Å². The Balaban J connectivity index is 1.86. The van der Waals surface area contributed by atoms with Crippen LogP contribution in [0.5, 0.6) is 0 Å². The number of benzene rings is 1. The predicted octanol–water partition coefficient (Wildman–Crippen LogP) is 3.78. The molecule has 6 heteroatoms. The molecule has 1 aliphatic rings. The zero-order valence-corrected chi connectivity index (χ0v) is 12.7. The molecule has 1 fully saturated rings. The molecule has 4 N–H and O–H groups in total. The molecule has 0 heterocycles. The first-order valence-electron chi connectivity index (χ1n) is 6.77. The summed E-state index contributed by atoms with van der Waals surface area (Å²) in [4.78, 5) is 11.9. The van der Waals surface area contributed by atoms with E-state index >= 15 is 0 Å². The van der Waals surface area contributed by atoms with Gasteiger partial charge in [-0.15, -0.1) is 0 Å². The highest BCUT2D eigenvalue weighted by atomic mass is 35.5. The molecule has 1 aromatic rings. The number of nitrogens with one attached hydrogen (secondary N) is 2. The van der Waals surface area contributed by atoms with Crippen LogP contribution in [0.2, 0.25) is 10.0 Å². The SMILES string of the molecule is NC1(CNC(=O)Nc2cc(Cl)cc(Cl)c2)CCCCC1. The minimum atomic E-state index is -0.293. The van der Waals surface area contributed by atoms with Gasteiger partial charge in [-0.2, -0.15) is 0 Å². The molecule has 2 rings (SSSR count). The van der Waals surface area contributed by atoms with Crippen LogP contribution in [-0.2, 0) is 0 Å². The summed E-state index contributed by atoms with van der Waals surface area (Å²) in [7, 11) is 0. The van der Waals surface area contributed by atoms with E-state index in [-0.39, 0.29) is 11.6 Å². The summed E-state index contributed by atoms with van der Waals surface area (Å²) in [6.07, 6.45) is 5.39. The molecule has 0 aliphatic heterocycles. The summed E-state index contributed by atoms with van der Waals surface area (Å²) in [5.41, 5.74) is 6.55. The Morgan fingerprint density at radius 2 is 1.75 bits per heavy atom. The van der Waals surface area contributed by atoms with E-state index in [2.05, 4.69) is 10.6 Å². The van der Waals surface area contributed by atoms with Crippen LogP contribution in [0.1, 0.15) is 32.1 Å². The van der Waals surface area contributed by atoms with Gasteiger partial charge >= 0.3 is 6.03 Å². The van der Waals surface area contributed by atoms with Crippen LogP contribution in [0.4, 0.5) is 10.5 Å². The maximum absolute atomic E-state index is 11.9. The van der Waals surface area contributed by atoms with E-state index in [9.17, 15) is 4.79 Å². The Morgan fingerprint density at radius 3 is 2.35 bits per heavy atom. The van der Waals surface area contributed by atoms with Crippen molar-refractivity contribution >= 4 is 34.9 Å². The number of halogens is 2. The van der Waals surface area contributed by atoms with Gasteiger partial charge in [0.05, 0.1) is 0 Å². The summed E-state index contributed by atoms with van der Waals surface area (Å²) in [5, 5.41) is 6.49. The number of urea groups is 1. The molecule has 20 heavy (non-hydrogen) atoms. The van der Waals surface area contributed by atoms with Crippen molar-refractivity contribution in [1.29, 1.82) is 0 Å². The Bertz CT molecular complexity index is 467. The topological polar surface area (TPSA) is 67.1 Å². The van der Waals surface area contributed by atoms with Crippen molar-refractivity contribution in [3.8, 4) is 0 Å². The van der Waals surface area contributed by atoms with Crippen LogP contribution in [0.25, 0.3) is 0 Å². The van der Waals surface area contributed by atoms with Gasteiger partial charge in [-0.05, 0) is 31.0 Å². The first kappa shape index (κ1) is 15.4. The van der Waals surface area contributed by atoms with E-state index in [4.69, 9.17) is 28.9 Å². The molecule has 1 aromatic carbocycles. The molecular formula is C14H19Cl2N3O. The number of carbonyl (C=O) groups excluding carboxylic acids is 1. The van der Waals surface area contributed by atoms with E-state index < -0.39 is 0 Å². The molecule has 2 amide bonds. The summed E-state index contributed by atoms with van der Waals surface area (Å²) in [5.74, 6) is 0. The Kier molecular flexibility index (Phi) is 5.13. The van der Waals surface area contributed by atoms with Gasteiger partial charge in [0.15, 0.2) is 0 Å². The van der Waals surface area contributed by atoms with Gasteiger partial charge in [0, 0.05) is 27.8 Å². The van der Waals surface area contributed by atoms with Crippen LogP contribution < -0.4 is 16.4 Å². The van der Waals surface area contributed by atoms with Gasteiger partial charge in [0.1, 0.15) is 0 Å². The monoisotopic (exact) mass is 315 g/mol. The standard InChI is InChI=1S/C14H19Cl2N3O/c15-10-6-11(16)8-12(7-10)19-13(20)18-9-14(17)4-2-1-3-5-14/h6-8H,1-5,9,17H2,(H2,18,19,20). The third-order valence-corrected chi connectivity index (χ3v) is 4.01. The van der Waals surface area contributed by atoms with E-state index in [1.165, 1.54) is 6.42 Å². The van der Waals surface area contributed by atoms with Gasteiger partial charge in [0.25, 0.3) is 0 Å². The van der Waals surface area contributed by atoms with Crippen LogP contribution in [-0.4, -0.2) is 18.1 Å². The third kappa shape index (κ3) is 4.54. The van der Waals surface area contributed by atoms with Crippen LogP contribution in [0, 0.1) is 0 Å². The lowest BCUT2D eigenvalue weighted by Gasteiger charge is -2.33. The van der Waals surface area contributed by atoms with Gasteiger partial charge in [0.2, 0.25) is 0 Å². The first-order chi connectivity index (χ1) is 9.47. The summed E-state index contributed by atoms with van der Waals surface area (Å²) < 4.78 is 0. The first-order valence-corrected chi connectivity index (χ1v) is 7.52. The Labute approximate surface area is 129 Å². The smallest absolute Gasteiger partial charge is 0.319 e. The molecule has 0 unspecified atom stereocenters. The largest absolute Gasteiger partial charge is 0.336 e. The zero-order valence-electron chi connectivity index (χ0n) is 11.2. The number of anilines is 1. The lowest BCUT2D eigenvalue weighted by Crippen LogP contribution is -2.52. The molecule has 0 saturated heterocycles.